The van der Waals surface area contributed by atoms with Crippen LogP contribution in [0, 0.1) is 0 Å². The van der Waals surface area contributed by atoms with Crippen LogP contribution < -0.4 is 10.5 Å². The largest absolute Gasteiger partial charge is 0.489 e. The summed E-state index contributed by atoms with van der Waals surface area (Å²) in [6.45, 7) is 3.07. The van der Waals surface area contributed by atoms with E-state index in [0.29, 0.717) is 37.6 Å². The first-order chi connectivity index (χ1) is 18.2. The summed E-state index contributed by atoms with van der Waals surface area (Å²) >= 11 is 0. The zero-order valence-electron chi connectivity index (χ0n) is 20.4. The van der Waals surface area contributed by atoms with E-state index < -0.39 is 0 Å². The predicted octanol–water partition coefficient (Wildman–Crippen LogP) is 3.45. The number of ether oxygens (including phenoxy) is 1. The number of rotatable bonds is 4. The number of aromatic nitrogens is 5. The Morgan fingerprint density at radius 1 is 1.11 bits per heavy atom. The average molecular weight is 494 g/mol. The van der Waals surface area contributed by atoms with Crippen molar-refractivity contribution in [3.05, 3.63) is 72.1 Å². The number of nitrogens with two attached hydrogens (primary N) is 1. The van der Waals surface area contributed by atoms with Gasteiger partial charge in [-0.1, -0.05) is 18.2 Å². The van der Waals surface area contributed by atoms with Gasteiger partial charge in [0.2, 0.25) is 0 Å². The fourth-order valence-electron chi connectivity index (χ4n) is 5.65. The first kappa shape index (κ1) is 22.0. The first-order valence-corrected chi connectivity index (χ1v) is 12.7. The van der Waals surface area contributed by atoms with Crippen LogP contribution in [0.25, 0.3) is 33.5 Å². The summed E-state index contributed by atoms with van der Waals surface area (Å²) < 4.78 is 10.5. The highest BCUT2D eigenvalue weighted by molar-refractivity contribution is 6.00. The molecule has 0 radical (unpaired) electrons. The molecule has 186 valence electrons. The number of hydrogen-bond donors (Lipinski definition) is 1. The minimum atomic E-state index is -0.0182. The molecule has 0 spiro atoms. The van der Waals surface area contributed by atoms with Crippen LogP contribution in [0.2, 0.25) is 0 Å². The number of carbonyl (C=O) groups excluding carboxylic acids is 1. The van der Waals surface area contributed by atoms with Gasteiger partial charge in [0, 0.05) is 41.8 Å². The molecule has 0 bridgehead atoms. The van der Waals surface area contributed by atoms with Gasteiger partial charge in [-0.25, -0.2) is 4.98 Å². The number of piperidine rings is 1. The topological polar surface area (TPSA) is 104 Å². The maximum atomic E-state index is 13.4. The quantitative estimate of drug-likeness (QED) is 0.411. The average Bonchev–Trinajstić information content (AvgIpc) is 3.48. The van der Waals surface area contributed by atoms with Gasteiger partial charge in [0.05, 0.1) is 30.0 Å². The number of nitrogens with zero attached hydrogens (tertiary/aromatic N) is 6. The fourth-order valence-corrected chi connectivity index (χ4v) is 5.65. The highest BCUT2D eigenvalue weighted by atomic mass is 16.5. The van der Waals surface area contributed by atoms with Gasteiger partial charge in [0.25, 0.3) is 5.91 Å². The Kier molecular flexibility index (Phi) is 5.17. The van der Waals surface area contributed by atoms with Crippen molar-refractivity contribution in [3.8, 4) is 17.3 Å². The van der Waals surface area contributed by atoms with E-state index in [0.717, 1.165) is 58.5 Å². The Morgan fingerprint density at radius 3 is 2.89 bits per heavy atom. The van der Waals surface area contributed by atoms with Gasteiger partial charge >= 0.3 is 0 Å². The molecule has 5 heterocycles. The van der Waals surface area contributed by atoms with E-state index in [9.17, 15) is 4.79 Å². The molecule has 1 amide bonds. The second-order valence-electron chi connectivity index (χ2n) is 9.82. The molecule has 3 aromatic heterocycles. The number of imidazole rings is 1. The summed E-state index contributed by atoms with van der Waals surface area (Å²) in [7, 11) is 0. The molecule has 37 heavy (non-hydrogen) atoms. The van der Waals surface area contributed by atoms with Crippen molar-refractivity contribution in [3.63, 3.8) is 0 Å². The third-order valence-electron chi connectivity index (χ3n) is 7.36. The van der Waals surface area contributed by atoms with E-state index in [-0.39, 0.29) is 11.9 Å². The lowest BCUT2D eigenvalue weighted by molar-refractivity contribution is 0.0708. The van der Waals surface area contributed by atoms with Crippen LogP contribution in [0.4, 0.5) is 0 Å². The van der Waals surface area contributed by atoms with Crippen LogP contribution in [0.5, 0.6) is 5.75 Å². The molecule has 7 rings (SSSR count). The summed E-state index contributed by atoms with van der Waals surface area (Å²) in [5.74, 6) is 1.53. The molecule has 2 N–H and O–H groups in total. The van der Waals surface area contributed by atoms with Gasteiger partial charge in [-0.2, -0.15) is 10.2 Å². The van der Waals surface area contributed by atoms with Crippen LogP contribution in [0.1, 0.15) is 28.9 Å². The maximum Gasteiger partial charge on any atom is 0.254 e. The summed E-state index contributed by atoms with van der Waals surface area (Å²) in [5, 5.41) is 9.51. The first-order valence-electron chi connectivity index (χ1n) is 12.7. The minimum absolute atomic E-state index is 0.0182. The van der Waals surface area contributed by atoms with Gasteiger partial charge in [-0.3, -0.25) is 4.79 Å². The second kappa shape index (κ2) is 8.70. The maximum absolute atomic E-state index is 13.4. The minimum Gasteiger partial charge on any atom is -0.489 e. The van der Waals surface area contributed by atoms with Crippen molar-refractivity contribution >= 4 is 27.8 Å². The monoisotopic (exact) mass is 493 g/mol. The number of hydrogen-bond acceptors (Lipinski definition) is 6. The normalized spacial score (nSPS) is 17.3. The van der Waals surface area contributed by atoms with Crippen LogP contribution >= 0.6 is 0 Å². The van der Waals surface area contributed by atoms with Crippen LogP contribution in [0.3, 0.4) is 0 Å². The zero-order chi connectivity index (χ0) is 24.9. The van der Waals surface area contributed by atoms with Crippen molar-refractivity contribution < 1.29 is 9.53 Å². The van der Waals surface area contributed by atoms with Crippen LogP contribution in [-0.4, -0.2) is 60.9 Å². The molecule has 2 aromatic carbocycles. The molecule has 1 atom stereocenters. The summed E-state index contributed by atoms with van der Waals surface area (Å²) in [6.07, 6.45) is 3.56. The second-order valence-corrected chi connectivity index (χ2v) is 9.82. The smallest absolute Gasteiger partial charge is 0.254 e. The van der Waals surface area contributed by atoms with E-state index in [1.54, 1.807) is 6.20 Å². The Labute approximate surface area is 213 Å². The molecule has 1 fully saturated rings. The van der Waals surface area contributed by atoms with Gasteiger partial charge in [-0.15, -0.1) is 0 Å². The SMILES string of the molecule is NC1CCCN(C(=O)c2cc3c4c(c2)nc(-c2cc5ccccc5n2Cc2cccnn2)n4CCO3)C1. The third kappa shape index (κ3) is 3.74. The molecule has 1 saturated heterocycles. The highest BCUT2D eigenvalue weighted by Crippen LogP contribution is 2.37. The number of fused-ring (bicyclic) bond motifs is 1. The third-order valence-corrected chi connectivity index (χ3v) is 7.36. The van der Waals surface area contributed by atoms with Crippen molar-refractivity contribution in [1.82, 2.24) is 29.2 Å². The van der Waals surface area contributed by atoms with Crippen LogP contribution in [-0.2, 0) is 13.1 Å². The van der Waals surface area contributed by atoms with E-state index in [1.165, 1.54) is 0 Å². The van der Waals surface area contributed by atoms with Crippen LogP contribution in [0.15, 0.2) is 60.8 Å². The van der Waals surface area contributed by atoms with E-state index in [2.05, 4.69) is 37.5 Å². The molecule has 2 aliphatic rings. The molecule has 0 saturated carbocycles. The lowest BCUT2D eigenvalue weighted by Gasteiger charge is -2.31. The molecular weight excluding hydrogens is 466 g/mol. The molecule has 0 aliphatic carbocycles. The Hall–Kier alpha value is -4.24. The van der Waals surface area contributed by atoms with Gasteiger partial charge in [0.15, 0.2) is 5.82 Å². The number of para-hydroxylation sites is 1. The standard InChI is InChI=1S/C28H27N7O2/c29-20-6-4-10-33(16-20)28(36)19-13-22-26-25(15-19)37-12-11-34(26)27(31-22)24-14-18-5-1-2-8-23(18)35(24)17-21-7-3-9-30-32-21/h1-3,5,7-9,13-15,20H,4,6,10-12,16-17,29H2. The van der Waals surface area contributed by atoms with E-state index in [4.69, 9.17) is 15.5 Å². The van der Waals surface area contributed by atoms with Crippen molar-refractivity contribution in [2.24, 2.45) is 5.73 Å². The molecule has 1 unspecified atom stereocenters. The lowest BCUT2D eigenvalue weighted by Crippen LogP contribution is -2.45. The van der Waals surface area contributed by atoms with Crippen molar-refractivity contribution in [1.29, 1.82) is 0 Å². The molecule has 2 aliphatic heterocycles. The molecule has 5 aromatic rings. The summed E-state index contributed by atoms with van der Waals surface area (Å²) in [4.78, 5) is 20.3. The van der Waals surface area contributed by atoms with E-state index in [1.807, 2.05) is 41.3 Å². The van der Waals surface area contributed by atoms with Crippen molar-refractivity contribution in [2.75, 3.05) is 19.7 Å². The van der Waals surface area contributed by atoms with Gasteiger partial charge in [0.1, 0.15) is 17.9 Å². The summed E-state index contributed by atoms with van der Waals surface area (Å²) in [5.41, 5.74) is 11.4. The van der Waals surface area contributed by atoms with Gasteiger partial charge in [-0.05, 0) is 49.2 Å². The highest BCUT2D eigenvalue weighted by Gasteiger charge is 2.27. The Morgan fingerprint density at radius 2 is 2.03 bits per heavy atom. The number of carbonyl (C=O) groups is 1. The number of likely N-dealkylation sites (tertiary alicyclic amines) is 1. The number of benzene rings is 2. The molecule has 9 heteroatoms. The zero-order valence-corrected chi connectivity index (χ0v) is 20.4. The lowest BCUT2D eigenvalue weighted by atomic mass is 10.0. The Balaban J connectivity index is 1.37. The Bertz CT molecular complexity index is 1640. The van der Waals surface area contributed by atoms with Crippen molar-refractivity contribution in [2.45, 2.75) is 32.0 Å². The predicted molar refractivity (Wildman–Crippen MR) is 140 cm³/mol. The van der Waals surface area contributed by atoms with E-state index >= 15 is 0 Å². The summed E-state index contributed by atoms with van der Waals surface area (Å²) in [6, 6.07) is 18.1. The molecular formula is C28H27N7O2. The fraction of sp³-hybridized carbons (Fsp3) is 0.286. The number of amides is 1. The van der Waals surface area contributed by atoms with Gasteiger partial charge < -0.3 is 24.5 Å². The molecule has 9 nitrogen and oxygen atoms in total.